The molecule has 2 aromatic heterocycles. The second kappa shape index (κ2) is 7.06. The molecule has 5 nitrogen and oxygen atoms in total. The summed E-state index contributed by atoms with van der Waals surface area (Å²) in [5, 5.41) is 4.16. The predicted molar refractivity (Wildman–Crippen MR) is 103 cm³/mol. The van der Waals surface area contributed by atoms with Crippen LogP contribution < -0.4 is 5.32 Å². The highest BCUT2D eigenvalue weighted by molar-refractivity contribution is 7.22. The minimum atomic E-state index is 0.786. The summed E-state index contributed by atoms with van der Waals surface area (Å²) in [5.74, 6) is 1.66. The Hall–Kier alpha value is -2.05. The van der Waals surface area contributed by atoms with E-state index in [2.05, 4.69) is 50.3 Å². The number of hydrogen-bond donors (Lipinski definition) is 1. The number of nitrogens with one attached hydrogen (secondary N) is 1. The van der Waals surface area contributed by atoms with Gasteiger partial charge >= 0.3 is 0 Å². The zero-order valence-electron chi connectivity index (χ0n) is 14.7. The van der Waals surface area contributed by atoms with Crippen LogP contribution in [0.5, 0.6) is 0 Å². The van der Waals surface area contributed by atoms with Crippen molar-refractivity contribution in [2.45, 2.75) is 33.2 Å². The van der Waals surface area contributed by atoms with Gasteiger partial charge in [0.25, 0.3) is 0 Å². The molecular weight excluding hydrogens is 330 g/mol. The standard InChI is InChI=1S/C19H23N5S/c1-13-5-7-24(8-6-13)11-15-3-4-16-17(10-15)25-19(22-16)23-18-9-14(2)20-12-21-18/h3-4,9-10,12-13H,5-8,11H2,1-2H3,(H,20,21,22,23). The lowest BCUT2D eigenvalue weighted by Crippen LogP contribution is -2.32. The number of aromatic nitrogens is 3. The first-order valence-electron chi connectivity index (χ1n) is 8.83. The zero-order valence-corrected chi connectivity index (χ0v) is 15.5. The van der Waals surface area contributed by atoms with E-state index in [4.69, 9.17) is 0 Å². The second-order valence-electron chi connectivity index (χ2n) is 6.95. The molecule has 4 rings (SSSR count). The first kappa shape index (κ1) is 16.4. The predicted octanol–water partition coefficient (Wildman–Crippen LogP) is 4.37. The number of likely N-dealkylation sites (tertiary alicyclic amines) is 1. The Morgan fingerprint density at radius 1 is 1.20 bits per heavy atom. The minimum absolute atomic E-state index is 0.786. The van der Waals surface area contributed by atoms with Gasteiger partial charge in [-0.05, 0) is 56.5 Å². The fraction of sp³-hybridized carbons (Fsp3) is 0.421. The Morgan fingerprint density at radius 3 is 2.84 bits per heavy atom. The molecule has 0 aliphatic carbocycles. The van der Waals surface area contributed by atoms with Gasteiger partial charge in [-0.25, -0.2) is 15.0 Å². The molecule has 1 aromatic carbocycles. The number of aryl methyl sites for hydroxylation is 1. The molecule has 0 unspecified atom stereocenters. The van der Waals surface area contributed by atoms with Crippen LogP contribution >= 0.6 is 11.3 Å². The normalized spacial score (nSPS) is 16.4. The van der Waals surface area contributed by atoms with Crippen LogP contribution in [0.1, 0.15) is 31.0 Å². The smallest absolute Gasteiger partial charge is 0.189 e. The maximum atomic E-state index is 4.67. The Balaban J connectivity index is 1.49. The molecule has 0 amide bonds. The van der Waals surface area contributed by atoms with Gasteiger partial charge in [-0.3, -0.25) is 4.90 Å². The third-order valence-electron chi connectivity index (χ3n) is 4.77. The minimum Gasteiger partial charge on any atom is -0.316 e. The van der Waals surface area contributed by atoms with Gasteiger partial charge in [-0.2, -0.15) is 0 Å². The maximum absolute atomic E-state index is 4.67. The molecule has 3 aromatic rings. The molecule has 1 saturated heterocycles. The number of benzene rings is 1. The van der Waals surface area contributed by atoms with E-state index in [0.717, 1.165) is 34.6 Å². The van der Waals surface area contributed by atoms with E-state index in [1.54, 1.807) is 17.7 Å². The number of piperidine rings is 1. The van der Waals surface area contributed by atoms with Gasteiger partial charge in [0.05, 0.1) is 10.2 Å². The Morgan fingerprint density at radius 2 is 2.04 bits per heavy atom. The van der Waals surface area contributed by atoms with E-state index >= 15 is 0 Å². The number of anilines is 2. The average Bonchev–Trinajstić information content (AvgIpc) is 2.98. The van der Waals surface area contributed by atoms with Crippen LogP contribution in [0.4, 0.5) is 10.9 Å². The second-order valence-corrected chi connectivity index (χ2v) is 7.98. The number of rotatable bonds is 4. The van der Waals surface area contributed by atoms with E-state index in [9.17, 15) is 0 Å². The van der Waals surface area contributed by atoms with Gasteiger partial charge in [-0.15, -0.1) is 0 Å². The highest BCUT2D eigenvalue weighted by atomic mass is 32.1. The lowest BCUT2D eigenvalue weighted by molar-refractivity contribution is 0.185. The van der Waals surface area contributed by atoms with E-state index in [-0.39, 0.29) is 0 Å². The molecule has 0 spiro atoms. The molecule has 0 saturated carbocycles. The number of hydrogen-bond acceptors (Lipinski definition) is 6. The molecule has 130 valence electrons. The molecule has 1 fully saturated rings. The maximum Gasteiger partial charge on any atom is 0.189 e. The van der Waals surface area contributed by atoms with Crippen molar-refractivity contribution in [1.29, 1.82) is 0 Å². The molecular formula is C19H23N5S. The summed E-state index contributed by atoms with van der Waals surface area (Å²) < 4.78 is 1.22. The third kappa shape index (κ3) is 3.96. The third-order valence-corrected chi connectivity index (χ3v) is 5.71. The summed E-state index contributed by atoms with van der Waals surface area (Å²) in [5.41, 5.74) is 3.35. The number of thiazole rings is 1. The van der Waals surface area contributed by atoms with Crippen molar-refractivity contribution in [2.24, 2.45) is 5.92 Å². The fourth-order valence-electron chi connectivity index (χ4n) is 3.23. The first-order chi connectivity index (χ1) is 12.2. The van der Waals surface area contributed by atoms with Crippen molar-refractivity contribution in [1.82, 2.24) is 19.9 Å². The van der Waals surface area contributed by atoms with E-state index in [0.29, 0.717) is 0 Å². The lowest BCUT2D eigenvalue weighted by atomic mass is 9.99. The van der Waals surface area contributed by atoms with Crippen LogP contribution in [0.25, 0.3) is 10.2 Å². The molecule has 0 bridgehead atoms. The van der Waals surface area contributed by atoms with Crippen LogP contribution in [0.15, 0.2) is 30.6 Å². The van der Waals surface area contributed by atoms with Crippen LogP contribution in [-0.4, -0.2) is 32.9 Å². The lowest BCUT2D eigenvalue weighted by Gasteiger charge is -2.30. The van der Waals surface area contributed by atoms with Gasteiger partial charge in [0.1, 0.15) is 12.1 Å². The SMILES string of the molecule is Cc1cc(Nc2nc3ccc(CN4CCC(C)CC4)cc3s2)ncn1. The average molecular weight is 353 g/mol. The Labute approximate surface area is 152 Å². The molecule has 0 radical (unpaired) electrons. The Bertz CT molecular complexity index is 867. The molecule has 1 aliphatic rings. The highest BCUT2D eigenvalue weighted by Gasteiger charge is 2.16. The van der Waals surface area contributed by atoms with Gasteiger partial charge in [0.15, 0.2) is 5.13 Å². The van der Waals surface area contributed by atoms with Crippen molar-refractivity contribution in [3.8, 4) is 0 Å². The summed E-state index contributed by atoms with van der Waals surface area (Å²) in [7, 11) is 0. The van der Waals surface area contributed by atoms with Gasteiger partial charge in [0, 0.05) is 18.3 Å². The Kier molecular flexibility index (Phi) is 4.63. The van der Waals surface area contributed by atoms with Crippen molar-refractivity contribution < 1.29 is 0 Å². The van der Waals surface area contributed by atoms with Gasteiger partial charge in [-0.1, -0.05) is 24.3 Å². The highest BCUT2D eigenvalue weighted by Crippen LogP contribution is 2.29. The van der Waals surface area contributed by atoms with Gasteiger partial charge in [0.2, 0.25) is 0 Å². The molecule has 0 atom stereocenters. The molecule has 1 N–H and O–H groups in total. The summed E-state index contributed by atoms with van der Waals surface area (Å²) in [6.45, 7) is 7.77. The summed E-state index contributed by atoms with van der Waals surface area (Å²) in [6.07, 6.45) is 4.20. The van der Waals surface area contributed by atoms with Crippen molar-refractivity contribution in [2.75, 3.05) is 18.4 Å². The largest absolute Gasteiger partial charge is 0.316 e. The van der Waals surface area contributed by atoms with Crippen molar-refractivity contribution in [3.63, 3.8) is 0 Å². The molecule has 1 aliphatic heterocycles. The quantitative estimate of drug-likeness (QED) is 0.755. The number of nitrogens with zero attached hydrogens (tertiary/aromatic N) is 4. The summed E-state index contributed by atoms with van der Waals surface area (Å²) >= 11 is 1.67. The van der Waals surface area contributed by atoms with Crippen LogP contribution in [0.2, 0.25) is 0 Å². The van der Waals surface area contributed by atoms with Crippen LogP contribution in [0, 0.1) is 12.8 Å². The summed E-state index contributed by atoms with van der Waals surface area (Å²) in [4.78, 5) is 15.6. The van der Waals surface area contributed by atoms with Gasteiger partial charge < -0.3 is 5.32 Å². The molecule has 25 heavy (non-hydrogen) atoms. The molecule has 3 heterocycles. The van der Waals surface area contributed by atoms with E-state index < -0.39 is 0 Å². The zero-order chi connectivity index (χ0) is 17.2. The fourth-order valence-corrected chi connectivity index (χ4v) is 4.17. The van der Waals surface area contributed by atoms with Crippen molar-refractivity contribution >= 4 is 32.5 Å². The van der Waals surface area contributed by atoms with E-state index in [1.165, 1.54) is 36.2 Å². The summed E-state index contributed by atoms with van der Waals surface area (Å²) in [6, 6.07) is 8.54. The van der Waals surface area contributed by atoms with E-state index in [1.807, 2.05) is 13.0 Å². The van der Waals surface area contributed by atoms with Crippen LogP contribution in [0.3, 0.4) is 0 Å². The topological polar surface area (TPSA) is 53.9 Å². The first-order valence-corrected chi connectivity index (χ1v) is 9.65. The molecule has 6 heteroatoms. The monoisotopic (exact) mass is 353 g/mol. The number of fused-ring (bicyclic) bond motifs is 1. The van der Waals surface area contributed by atoms with Crippen molar-refractivity contribution in [3.05, 3.63) is 41.9 Å². The van der Waals surface area contributed by atoms with Crippen LogP contribution in [-0.2, 0) is 6.54 Å².